The molecule has 0 aliphatic heterocycles. The third-order valence-corrected chi connectivity index (χ3v) is 2.77. The molecule has 0 atom stereocenters. The fourth-order valence-electron chi connectivity index (χ4n) is 1.82. The maximum atomic E-state index is 9.66. The van der Waals surface area contributed by atoms with Crippen LogP contribution < -0.4 is 14.8 Å². The molecule has 0 amide bonds. The zero-order chi connectivity index (χ0) is 14.4. The van der Waals surface area contributed by atoms with Crippen LogP contribution in [-0.4, -0.2) is 23.8 Å². The number of phenolic OH excluding ortho intramolecular Hbond substituents is 1. The van der Waals surface area contributed by atoms with Gasteiger partial charge in [-0.3, -0.25) is 0 Å². The summed E-state index contributed by atoms with van der Waals surface area (Å²) in [5.41, 5.74) is 1.82. The minimum atomic E-state index is 0.148. The molecule has 20 heavy (non-hydrogen) atoms. The first-order valence-electron chi connectivity index (χ1n) is 6.42. The van der Waals surface area contributed by atoms with E-state index < -0.39 is 0 Å². The van der Waals surface area contributed by atoms with Crippen LogP contribution in [0, 0.1) is 0 Å². The van der Waals surface area contributed by atoms with Crippen molar-refractivity contribution < 1.29 is 14.6 Å². The van der Waals surface area contributed by atoms with Crippen LogP contribution in [0.1, 0.15) is 12.5 Å². The van der Waals surface area contributed by atoms with Crippen LogP contribution in [0.5, 0.6) is 17.4 Å². The smallest absolute Gasteiger partial charge is 0.237 e. The van der Waals surface area contributed by atoms with Gasteiger partial charge >= 0.3 is 0 Å². The molecule has 5 heteroatoms. The fourth-order valence-corrected chi connectivity index (χ4v) is 1.82. The number of hydrogen-bond acceptors (Lipinski definition) is 5. The van der Waals surface area contributed by atoms with Crippen LogP contribution >= 0.6 is 0 Å². The van der Waals surface area contributed by atoms with Gasteiger partial charge in [-0.05, 0) is 36.8 Å². The first-order chi connectivity index (χ1) is 9.74. The minimum Gasteiger partial charge on any atom is -0.504 e. The van der Waals surface area contributed by atoms with Gasteiger partial charge in [-0.1, -0.05) is 6.07 Å². The zero-order valence-electron chi connectivity index (χ0n) is 11.6. The van der Waals surface area contributed by atoms with E-state index in [1.54, 1.807) is 19.4 Å². The highest BCUT2D eigenvalue weighted by Gasteiger charge is 2.05. The summed E-state index contributed by atoms with van der Waals surface area (Å²) < 4.78 is 10.5. The summed E-state index contributed by atoms with van der Waals surface area (Å²) in [5, 5.41) is 12.9. The lowest BCUT2D eigenvalue weighted by Crippen LogP contribution is -2.03. The number of methoxy groups -OCH3 is 1. The average molecular weight is 274 g/mol. The van der Waals surface area contributed by atoms with Crippen molar-refractivity contribution in [3.05, 3.63) is 42.1 Å². The average Bonchev–Trinajstić information content (AvgIpc) is 2.48. The Hall–Kier alpha value is -2.43. The highest BCUT2D eigenvalue weighted by atomic mass is 16.5. The van der Waals surface area contributed by atoms with Gasteiger partial charge in [-0.25, -0.2) is 4.98 Å². The van der Waals surface area contributed by atoms with Crippen molar-refractivity contribution in [2.45, 2.75) is 13.5 Å². The topological polar surface area (TPSA) is 63.6 Å². The molecule has 0 saturated carbocycles. The Morgan fingerprint density at radius 1 is 1.30 bits per heavy atom. The predicted octanol–water partition coefficient (Wildman–Crippen LogP) is 2.81. The van der Waals surface area contributed by atoms with Crippen molar-refractivity contribution in [2.24, 2.45) is 0 Å². The number of aromatic hydroxyl groups is 1. The summed E-state index contributed by atoms with van der Waals surface area (Å²) >= 11 is 0. The maximum Gasteiger partial charge on any atom is 0.237 e. The number of nitrogens with zero attached hydrogens (tertiary/aromatic N) is 1. The van der Waals surface area contributed by atoms with Gasteiger partial charge in [0.1, 0.15) is 0 Å². The number of nitrogens with one attached hydrogen (secondary N) is 1. The Morgan fingerprint density at radius 3 is 2.90 bits per heavy atom. The minimum absolute atomic E-state index is 0.148. The summed E-state index contributed by atoms with van der Waals surface area (Å²) in [6.45, 7) is 2.98. The number of phenols is 1. The lowest BCUT2D eigenvalue weighted by Gasteiger charge is -2.11. The van der Waals surface area contributed by atoms with Crippen LogP contribution in [0.2, 0.25) is 0 Å². The molecule has 106 valence electrons. The number of benzene rings is 1. The summed E-state index contributed by atoms with van der Waals surface area (Å²) in [6, 6.07) is 9.02. The van der Waals surface area contributed by atoms with E-state index in [0.29, 0.717) is 24.8 Å². The molecule has 0 aliphatic carbocycles. The van der Waals surface area contributed by atoms with Crippen LogP contribution in [0.25, 0.3) is 0 Å². The van der Waals surface area contributed by atoms with Gasteiger partial charge in [-0.15, -0.1) is 0 Å². The number of rotatable bonds is 6. The van der Waals surface area contributed by atoms with Crippen LogP contribution in [0.3, 0.4) is 0 Å². The predicted molar refractivity (Wildman–Crippen MR) is 77.4 cm³/mol. The summed E-state index contributed by atoms with van der Waals surface area (Å²) in [5.74, 6) is 1.19. The van der Waals surface area contributed by atoms with Crippen molar-refractivity contribution in [1.29, 1.82) is 0 Å². The molecule has 2 aromatic rings. The van der Waals surface area contributed by atoms with Crippen LogP contribution in [0.15, 0.2) is 36.5 Å². The molecular formula is C15H18N2O3. The van der Waals surface area contributed by atoms with Crippen molar-refractivity contribution >= 4 is 5.69 Å². The Bertz CT molecular complexity index is 573. The molecule has 0 saturated heterocycles. The molecular weight excluding hydrogens is 256 g/mol. The second-order valence-electron chi connectivity index (χ2n) is 4.15. The Labute approximate surface area is 118 Å². The van der Waals surface area contributed by atoms with E-state index in [1.807, 2.05) is 31.2 Å². The van der Waals surface area contributed by atoms with E-state index in [4.69, 9.17) is 9.47 Å². The molecule has 0 aliphatic rings. The Kier molecular flexibility index (Phi) is 4.65. The zero-order valence-corrected chi connectivity index (χ0v) is 11.6. The Morgan fingerprint density at radius 2 is 2.15 bits per heavy atom. The molecule has 1 heterocycles. The molecule has 2 rings (SSSR count). The molecule has 0 bridgehead atoms. The van der Waals surface area contributed by atoms with Gasteiger partial charge in [0.2, 0.25) is 5.88 Å². The van der Waals surface area contributed by atoms with Gasteiger partial charge in [0.25, 0.3) is 0 Å². The first kappa shape index (κ1) is 14.0. The quantitative estimate of drug-likeness (QED) is 0.848. The normalized spacial score (nSPS) is 10.1. The highest BCUT2D eigenvalue weighted by Crippen LogP contribution is 2.27. The van der Waals surface area contributed by atoms with Crippen molar-refractivity contribution in [3.63, 3.8) is 0 Å². The second kappa shape index (κ2) is 6.65. The number of anilines is 1. The SMILES string of the molecule is CCOc1cc(CNc2cccnc2OC)ccc1O. The second-order valence-corrected chi connectivity index (χ2v) is 4.15. The molecule has 0 fully saturated rings. The van der Waals surface area contributed by atoms with E-state index >= 15 is 0 Å². The Balaban J connectivity index is 2.09. The number of pyridine rings is 1. The van der Waals surface area contributed by atoms with E-state index in [9.17, 15) is 5.11 Å². The monoisotopic (exact) mass is 274 g/mol. The van der Waals surface area contributed by atoms with Crippen LogP contribution in [-0.2, 0) is 6.54 Å². The standard InChI is InChI=1S/C15H18N2O3/c1-3-20-14-9-11(6-7-13(14)18)10-17-12-5-4-8-16-15(12)19-2/h4-9,17-18H,3,10H2,1-2H3. The van der Waals surface area contributed by atoms with Gasteiger partial charge in [0.05, 0.1) is 19.4 Å². The number of hydrogen-bond donors (Lipinski definition) is 2. The number of ether oxygens (including phenoxy) is 2. The molecule has 0 radical (unpaired) electrons. The van der Waals surface area contributed by atoms with E-state index in [2.05, 4.69) is 10.3 Å². The summed E-state index contributed by atoms with van der Waals surface area (Å²) in [4.78, 5) is 4.12. The van der Waals surface area contributed by atoms with E-state index in [-0.39, 0.29) is 5.75 Å². The fraction of sp³-hybridized carbons (Fsp3) is 0.267. The molecule has 5 nitrogen and oxygen atoms in total. The van der Waals surface area contributed by atoms with Gasteiger partial charge in [0, 0.05) is 12.7 Å². The highest BCUT2D eigenvalue weighted by molar-refractivity contribution is 5.52. The molecule has 1 aromatic carbocycles. The van der Waals surface area contributed by atoms with Gasteiger partial charge in [0.15, 0.2) is 11.5 Å². The van der Waals surface area contributed by atoms with Crippen LogP contribution in [0.4, 0.5) is 5.69 Å². The molecule has 1 aromatic heterocycles. The lowest BCUT2D eigenvalue weighted by molar-refractivity contribution is 0.318. The first-order valence-corrected chi connectivity index (χ1v) is 6.42. The van der Waals surface area contributed by atoms with Crippen molar-refractivity contribution in [1.82, 2.24) is 4.98 Å². The molecule has 2 N–H and O–H groups in total. The van der Waals surface area contributed by atoms with Crippen molar-refractivity contribution in [3.8, 4) is 17.4 Å². The van der Waals surface area contributed by atoms with Gasteiger partial charge < -0.3 is 19.9 Å². The van der Waals surface area contributed by atoms with Gasteiger partial charge in [-0.2, -0.15) is 0 Å². The third-order valence-electron chi connectivity index (χ3n) is 2.77. The molecule has 0 unspecified atom stereocenters. The van der Waals surface area contributed by atoms with E-state index in [0.717, 1.165) is 11.3 Å². The maximum absolute atomic E-state index is 9.66. The largest absolute Gasteiger partial charge is 0.504 e. The van der Waals surface area contributed by atoms with Crippen molar-refractivity contribution in [2.75, 3.05) is 19.0 Å². The molecule has 0 spiro atoms. The van der Waals surface area contributed by atoms with E-state index in [1.165, 1.54) is 0 Å². The third kappa shape index (κ3) is 3.32. The summed E-state index contributed by atoms with van der Waals surface area (Å²) in [6.07, 6.45) is 1.68. The lowest BCUT2D eigenvalue weighted by atomic mass is 10.2. The number of aromatic nitrogens is 1. The summed E-state index contributed by atoms with van der Waals surface area (Å²) in [7, 11) is 1.58.